The fourth-order valence-electron chi connectivity index (χ4n) is 1.64. The van der Waals surface area contributed by atoms with Crippen LogP contribution in [0.4, 0.5) is 5.82 Å². The van der Waals surface area contributed by atoms with Crippen LogP contribution < -0.4 is 4.90 Å². The van der Waals surface area contributed by atoms with Gasteiger partial charge < -0.3 is 14.7 Å². The molecule has 0 unspecified atom stereocenters. The van der Waals surface area contributed by atoms with Crippen LogP contribution in [0.15, 0.2) is 12.4 Å². The van der Waals surface area contributed by atoms with Gasteiger partial charge in [0, 0.05) is 19.7 Å². The molecule has 1 aliphatic rings. The number of aliphatic hydroxyl groups is 1. The Bertz CT molecular complexity index is 325. The molecule has 1 aliphatic carbocycles. The van der Waals surface area contributed by atoms with E-state index in [0.29, 0.717) is 18.3 Å². The van der Waals surface area contributed by atoms with E-state index >= 15 is 0 Å². The van der Waals surface area contributed by atoms with E-state index in [1.807, 2.05) is 0 Å². The summed E-state index contributed by atoms with van der Waals surface area (Å²) in [6.07, 6.45) is 5.78. The Balaban J connectivity index is 2.05. The molecule has 0 amide bonds. The Morgan fingerprint density at radius 2 is 2.25 bits per heavy atom. The number of hydrogen-bond acceptors (Lipinski definition) is 5. The predicted molar refractivity (Wildman–Crippen MR) is 60.2 cm³/mol. The lowest BCUT2D eigenvalue weighted by Gasteiger charge is -2.22. The second kappa shape index (κ2) is 5.23. The highest BCUT2D eigenvalue weighted by molar-refractivity contribution is 5.39. The Kier molecular flexibility index (Phi) is 3.69. The van der Waals surface area contributed by atoms with Gasteiger partial charge in [-0.25, -0.2) is 4.98 Å². The SMILES string of the molecule is COCCN(c1cnc(CO)cn1)C1CC1. The predicted octanol–water partition coefficient (Wildman–Crippen LogP) is 0.584. The monoisotopic (exact) mass is 223 g/mol. The molecule has 1 N–H and O–H groups in total. The van der Waals surface area contributed by atoms with E-state index in [9.17, 15) is 0 Å². The number of aliphatic hydroxyl groups excluding tert-OH is 1. The van der Waals surface area contributed by atoms with Gasteiger partial charge in [-0.3, -0.25) is 4.98 Å². The van der Waals surface area contributed by atoms with Crippen LogP contribution in [0, 0.1) is 0 Å². The minimum Gasteiger partial charge on any atom is -0.390 e. The largest absolute Gasteiger partial charge is 0.390 e. The van der Waals surface area contributed by atoms with Crippen molar-refractivity contribution in [2.75, 3.05) is 25.2 Å². The van der Waals surface area contributed by atoms with Crippen molar-refractivity contribution in [2.24, 2.45) is 0 Å². The van der Waals surface area contributed by atoms with Gasteiger partial charge in [-0.05, 0) is 12.8 Å². The van der Waals surface area contributed by atoms with Crippen LogP contribution in [0.2, 0.25) is 0 Å². The highest BCUT2D eigenvalue weighted by Gasteiger charge is 2.29. The topological polar surface area (TPSA) is 58.5 Å². The van der Waals surface area contributed by atoms with Gasteiger partial charge in [-0.15, -0.1) is 0 Å². The Hall–Kier alpha value is -1.20. The van der Waals surface area contributed by atoms with Crippen molar-refractivity contribution in [3.05, 3.63) is 18.1 Å². The van der Waals surface area contributed by atoms with E-state index < -0.39 is 0 Å². The Morgan fingerprint density at radius 1 is 1.44 bits per heavy atom. The number of methoxy groups -OCH3 is 1. The summed E-state index contributed by atoms with van der Waals surface area (Å²) in [6.45, 7) is 1.48. The van der Waals surface area contributed by atoms with Gasteiger partial charge in [-0.1, -0.05) is 0 Å². The highest BCUT2D eigenvalue weighted by atomic mass is 16.5. The van der Waals surface area contributed by atoms with E-state index in [0.717, 1.165) is 12.4 Å². The second-order valence-electron chi connectivity index (χ2n) is 3.94. The van der Waals surface area contributed by atoms with Crippen molar-refractivity contribution in [3.63, 3.8) is 0 Å². The van der Waals surface area contributed by atoms with Gasteiger partial charge in [0.25, 0.3) is 0 Å². The van der Waals surface area contributed by atoms with Crippen LogP contribution in [0.5, 0.6) is 0 Å². The number of rotatable bonds is 6. The number of aromatic nitrogens is 2. The molecule has 5 heteroatoms. The standard InChI is InChI=1S/C11H17N3O2/c1-16-5-4-14(10-2-3-10)11-7-12-9(8-15)6-13-11/h6-7,10,15H,2-5,8H2,1H3. The van der Waals surface area contributed by atoms with Crippen molar-refractivity contribution in [1.82, 2.24) is 9.97 Å². The minimum atomic E-state index is -0.0607. The van der Waals surface area contributed by atoms with E-state index in [2.05, 4.69) is 14.9 Å². The maximum atomic E-state index is 8.89. The molecule has 0 aromatic carbocycles. The average molecular weight is 223 g/mol. The Morgan fingerprint density at radius 3 is 2.75 bits per heavy atom. The zero-order valence-corrected chi connectivity index (χ0v) is 9.46. The van der Waals surface area contributed by atoms with Gasteiger partial charge in [0.1, 0.15) is 5.82 Å². The molecule has 88 valence electrons. The molecule has 16 heavy (non-hydrogen) atoms. The quantitative estimate of drug-likeness (QED) is 0.764. The third kappa shape index (κ3) is 2.68. The lowest BCUT2D eigenvalue weighted by atomic mass is 10.4. The molecule has 5 nitrogen and oxygen atoms in total. The molecule has 0 aliphatic heterocycles. The first kappa shape index (κ1) is 11.3. The number of nitrogens with zero attached hydrogens (tertiary/aromatic N) is 3. The van der Waals surface area contributed by atoms with Crippen LogP contribution in [-0.4, -0.2) is 41.4 Å². The van der Waals surface area contributed by atoms with Crippen molar-refractivity contribution in [3.8, 4) is 0 Å². The molecule has 1 heterocycles. The van der Waals surface area contributed by atoms with Crippen LogP contribution in [0.25, 0.3) is 0 Å². The van der Waals surface area contributed by atoms with Crippen molar-refractivity contribution in [1.29, 1.82) is 0 Å². The van der Waals surface area contributed by atoms with Gasteiger partial charge in [0.05, 0.1) is 31.3 Å². The molecular formula is C11H17N3O2. The summed E-state index contributed by atoms with van der Waals surface area (Å²) in [5.41, 5.74) is 0.603. The highest BCUT2D eigenvalue weighted by Crippen LogP contribution is 2.29. The summed E-state index contributed by atoms with van der Waals surface area (Å²) in [5, 5.41) is 8.89. The zero-order valence-electron chi connectivity index (χ0n) is 9.46. The zero-order chi connectivity index (χ0) is 11.4. The molecule has 0 atom stereocenters. The fraction of sp³-hybridized carbons (Fsp3) is 0.636. The second-order valence-corrected chi connectivity index (χ2v) is 3.94. The van der Waals surface area contributed by atoms with Crippen molar-refractivity contribution >= 4 is 5.82 Å². The molecule has 1 aromatic heterocycles. The molecular weight excluding hydrogens is 206 g/mol. The number of hydrogen-bond donors (Lipinski definition) is 1. The lowest BCUT2D eigenvalue weighted by molar-refractivity contribution is 0.204. The summed E-state index contributed by atoms with van der Waals surface area (Å²) in [4.78, 5) is 10.7. The molecule has 0 saturated heterocycles. The van der Waals surface area contributed by atoms with Gasteiger partial charge in [0.2, 0.25) is 0 Å². The third-order valence-electron chi connectivity index (χ3n) is 2.67. The molecule has 1 aromatic rings. The van der Waals surface area contributed by atoms with Gasteiger partial charge >= 0.3 is 0 Å². The molecule has 2 rings (SSSR count). The molecule has 0 spiro atoms. The van der Waals surface area contributed by atoms with Crippen LogP contribution in [0.3, 0.4) is 0 Å². The Labute approximate surface area is 95.1 Å². The molecule has 1 saturated carbocycles. The molecule has 0 radical (unpaired) electrons. The van der Waals surface area contributed by atoms with E-state index in [-0.39, 0.29) is 6.61 Å². The summed E-state index contributed by atoms with van der Waals surface area (Å²) in [5.74, 6) is 0.872. The first-order valence-electron chi connectivity index (χ1n) is 5.52. The van der Waals surface area contributed by atoms with Crippen LogP contribution >= 0.6 is 0 Å². The summed E-state index contributed by atoms with van der Waals surface area (Å²) >= 11 is 0. The van der Waals surface area contributed by atoms with Crippen molar-refractivity contribution < 1.29 is 9.84 Å². The molecule has 1 fully saturated rings. The normalized spacial score (nSPS) is 15.1. The first-order valence-corrected chi connectivity index (χ1v) is 5.52. The van der Waals surface area contributed by atoms with Crippen molar-refractivity contribution in [2.45, 2.75) is 25.5 Å². The summed E-state index contributed by atoms with van der Waals surface area (Å²) in [7, 11) is 1.70. The smallest absolute Gasteiger partial charge is 0.147 e. The van der Waals surface area contributed by atoms with Crippen LogP contribution in [0.1, 0.15) is 18.5 Å². The third-order valence-corrected chi connectivity index (χ3v) is 2.67. The van der Waals surface area contributed by atoms with E-state index in [1.165, 1.54) is 12.8 Å². The van der Waals surface area contributed by atoms with Gasteiger partial charge in [-0.2, -0.15) is 0 Å². The van der Waals surface area contributed by atoms with E-state index in [4.69, 9.17) is 9.84 Å². The number of anilines is 1. The first-order chi connectivity index (χ1) is 7.85. The van der Waals surface area contributed by atoms with E-state index in [1.54, 1.807) is 19.5 Å². The average Bonchev–Trinajstić information content (AvgIpc) is 3.15. The van der Waals surface area contributed by atoms with Crippen LogP contribution in [-0.2, 0) is 11.3 Å². The maximum Gasteiger partial charge on any atom is 0.147 e. The minimum absolute atomic E-state index is 0.0607. The number of ether oxygens (including phenoxy) is 1. The summed E-state index contributed by atoms with van der Waals surface area (Å²) in [6, 6.07) is 0.587. The lowest BCUT2D eigenvalue weighted by Crippen LogP contribution is -2.30. The summed E-state index contributed by atoms with van der Waals surface area (Å²) < 4.78 is 5.09. The maximum absolute atomic E-state index is 8.89. The fourth-order valence-corrected chi connectivity index (χ4v) is 1.64. The molecule has 0 bridgehead atoms. The van der Waals surface area contributed by atoms with Gasteiger partial charge in [0.15, 0.2) is 0 Å².